The highest BCUT2D eigenvalue weighted by Gasteiger charge is 2.77. The number of anilines is 2. The van der Waals surface area contributed by atoms with Crippen LogP contribution in [0.5, 0.6) is 5.75 Å². The predicted molar refractivity (Wildman–Crippen MR) is 173 cm³/mol. The van der Waals surface area contributed by atoms with E-state index in [1.807, 2.05) is 0 Å². The third kappa shape index (κ3) is 4.21. The fraction of sp³-hybridized carbons (Fsp3) is 0.278. The third-order valence-electron chi connectivity index (χ3n) is 10.5. The molecule has 258 valence electrons. The molecule has 4 aliphatic rings. The van der Waals surface area contributed by atoms with Crippen LogP contribution in [-0.4, -0.2) is 38.5 Å². The second-order valence-corrected chi connectivity index (χ2v) is 14.2. The van der Waals surface area contributed by atoms with E-state index in [9.17, 15) is 37.5 Å². The van der Waals surface area contributed by atoms with Gasteiger partial charge in [0, 0.05) is 5.92 Å². The van der Waals surface area contributed by atoms with Crippen molar-refractivity contribution in [2.75, 3.05) is 9.80 Å². The Morgan fingerprint density at radius 3 is 1.94 bits per heavy atom. The van der Waals surface area contributed by atoms with Gasteiger partial charge in [-0.25, -0.2) is 26.9 Å². The van der Waals surface area contributed by atoms with E-state index in [0.29, 0.717) is 16.7 Å². The average molecular weight is 732 g/mol. The lowest BCUT2D eigenvalue weighted by atomic mass is 9.56. The summed E-state index contributed by atoms with van der Waals surface area (Å²) in [5.41, 5.74) is 0.301. The van der Waals surface area contributed by atoms with Gasteiger partial charge in [-0.2, -0.15) is 0 Å². The summed E-state index contributed by atoms with van der Waals surface area (Å²) in [6.45, 7) is 6.79. The molecule has 0 radical (unpaired) electrons. The van der Waals surface area contributed by atoms with Gasteiger partial charge in [0.15, 0.2) is 33.0 Å². The maximum absolute atomic E-state index is 15.2. The summed E-state index contributed by atoms with van der Waals surface area (Å²) in [4.78, 5) is 52.3. The molecule has 0 aromatic heterocycles. The lowest BCUT2D eigenvalue weighted by Gasteiger charge is -2.50. The molecular weight excluding hydrogens is 706 g/mol. The van der Waals surface area contributed by atoms with Crippen molar-refractivity contribution in [2.45, 2.75) is 42.4 Å². The fourth-order valence-corrected chi connectivity index (χ4v) is 9.05. The lowest BCUT2D eigenvalue weighted by molar-refractivity contribution is -0.125. The Hall–Kier alpha value is -4.55. The number of halogens is 7. The number of hydrogen-bond acceptors (Lipinski definition) is 5. The SMILES string of the molecule is C=Cc1ccc(N2C(=O)C3CC=C4C(CC5(Cl)C(=O)N(c6c(F)c(F)c(F)c(F)c6F)C(=O)C5(Cl)C4c4cc(C)c(O)c(C)c4)C3C2=O)cc1. The van der Waals surface area contributed by atoms with Gasteiger partial charge in [0.2, 0.25) is 17.6 Å². The Labute approximate surface area is 291 Å². The van der Waals surface area contributed by atoms with Gasteiger partial charge < -0.3 is 5.11 Å². The molecule has 0 spiro atoms. The van der Waals surface area contributed by atoms with Gasteiger partial charge in [-0.1, -0.05) is 48.6 Å². The summed E-state index contributed by atoms with van der Waals surface area (Å²) >= 11 is 14.3. The number of benzene rings is 3. The summed E-state index contributed by atoms with van der Waals surface area (Å²) in [5.74, 6) is -21.2. The van der Waals surface area contributed by atoms with Gasteiger partial charge in [-0.15, -0.1) is 23.2 Å². The van der Waals surface area contributed by atoms with Crippen LogP contribution in [-0.2, 0) is 19.2 Å². The molecule has 2 heterocycles. The second kappa shape index (κ2) is 11.2. The van der Waals surface area contributed by atoms with Gasteiger partial charge in [0.1, 0.15) is 11.4 Å². The van der Waals surface area contributed by atoms with Crippen molar-refractivity contribution in [3.63, 3.8) is 0 Å². The number of rotatable bonds is 4. The highest BCUT2D eigenvalue weighted by atomic mass is 35.5. The number of phenolic OH excluding ortho intramolecular Hbond substituents is 1. The minimum atomic E-state index is -2.65. The molecule has 2 aliphatic carbocycles. The number of alkyl halides is 2. The van der Waals surface area contributed by atoms with Crippen LogP contribution in [0.3, 0.4) is 0 Å². The van der Waals surface area contributed by atoms with E-state index in [-0.39, 0.29) is 28.3 Å². The van der Waals surface area contributed by atoms with E-state index >= 15 is 8.78 Å². The lowest BCUT2D eigenvalue weighted by Crippen LogP contribution is -2.60. The number of carbonyl (C=O) groups excluding carboxylic acids is 4. The number of aryl methyl sites for hydroxylation is 2. The van der Waals surface area contributed by atoms with E-state index < -0.39 is 98.2 Å². The van der Waals surface area contributed by atoms with Crippen LogP contribution in [0.15, 0.2) is 54.6 Å². The van der Waals surface area contributed by atoms with Crippen molar-refractivity contribution in [1.82, 2.24) is 0 Å². The monoisotopic (exact) mass is 730 g/mol. The Bertz CT molecular complexity index is 2090. The standard InChI is InChI=1S/C36H25Cl2F5N2O5/c1-4-16-5-7-18(8-6-16)44-31(47)20-10-9-19-21(22(20)32(44)48)13-35(37)33(49)45(29-27(42)25(40)24(39)26(41)28(29)43)34(50)36(35,38)23(19)17-11-14(2)30(46)15(3)12-17/h4-9,11-12,20-23,46H,1,10,13H2,2-3H3. The van der Waals surface area contributed by atoms with E-state index in [1.54, 1.807) is 50.3 Å². The van der Waals surface area contributed by atoms with Crippen molar-refractivity contribution in [1.29, 1.82) is 0 Å². The molecule has 6 unspecified atom stereocenters. The first-order valence-electron chi connectivity index (χ1n) is 15.4. The topological polar surface area (TPSA) is 95.0 Å². The van der Waals surface area contributed by atoms with Crippen LogP contribution in [0, 0.1) is 60.7 Å². The summed E-state index contributed by atoms with van der Waals surface area (Å²) < 4.78 is 73.4. The largest absolute Gasteiger partial charge is 0.507 e. The Morgan fingerprint density at radius 1 is 0.820 bits per heavy atom. The fourth-order valence-electron chi connectivity index (χ4n) is 8.11. The summed E-state index contributed by atoms with van der Waals surface area (Å²) in [6.07, 6.45) is 2.58. The molecule has 14 heteroatoms. The Balaban J connectivity index is 1.43. The van der Waals surface area contributed by atoms with Crippen LogP contribution in [0.4, 0.5) is 33.3 Å². The van der Waals surface area contributed by atoms with Crippen molar-refractivity contribution in [2.24, 2.45) is 17.8 Å². The third-order valence-corrected chi connectivity index (χ3v) is 11.9. The molecule has 7 nitrogen and oxygen atoms in total. The normalized spacial score (nSPS) is 28.9. The van der Waals surface area contributed by atoms with Crippen LogP contribution in [0.2, 0.25) is 0 Å². The number of imide groups is 2. The maximum Gasteiger partial charge on any atom is 0.258 e. The Kier molecular flexibility index (Phi) is 7.62. The van der Waals surface area contributed by atoms with Gasteiger partial charge in [-0.05, 0) is 67.0 Å². The maximum atomic E-state index is 15.2. The molecule has 3 fully saturated rings. The molecular formula is C36H25Cl2F5N2O5. The quantitative estimate of drug-likeness (QED) is 0.0771. The highest BCUT2D eigenvalue weighted by molar-refractivity contribution is 6.58. The number of aromatic hydroxyl groups is 1. The smallest absolute Gasteiger partial charge is 0.258 e. The van der Waals surface area contributed by atoms with E-state index in [2.05, 4.69) is 6.58 Å². The van der Waals surface area contributed by atoms with E-state index in [4.69, 9.17) is 23.2 Å². The molecule has 2 aliphatic heterocycles. The van der Waals surface area contributed by atoms with Crippen molar-refractivity contribution in [3.05, 3.63) is 106 Å². The number of fused-ring (bicyclic) bond motifs is 4. The van der Waals surface area contributed by atoms with Crippen LogP contribution >= 0.6 is 23.2 Å². The first kappa shape index (κ1) is 33.9. The molecule has 1 N–H and O–H groups in total. The van der Waals surface area contributed by atoms with Crippen LogP contribution in [0.25, 0.3) is 6.08 Å². The zero-order valence-corrected chi connectivity index (χ0v) is 27.7. The van der Waals surface area contributed by atoms with Gasteiger partial charge in [0.05, 0.1) is 17.5 Å². The minimum Gasteiger partial charge on any atom is -0.507 e. The van der Waals surface area contributed by atoms with Gasteiger partial charge >= 0.3 is 0 Å². The first-order chi connectivity index (χ1) is 23.5. The van der Waals surface area contributed by atoms with E-state index in [0.717, 1.165) is 10.5 Å². The van der Waals surface area contributed by atoms with Crippen LogP contribution in [0.1, 0.15) is 41.0 Å². The average Bonchev–Trinajstić information content (AvgIpc) is 3.43. The first-order valence-corrected chi connectivity index (χ1v) is 16.1. The zero-order chi connectivity index (χ0) is 36.4. The summed E-state index contributed by atoms with van der Waals surface area (Å²) in [6, 6.07) is 9.37. The van der Waals surface area contributed by atoms with E-state index in [1.165, 1.54) is 12.1 Å². The number of allylic oxidation sites excluding steroid dienone is 2. The predicted octanol–water partition coefficient (Wildman–Crippen LogP) is 7.12. The molecule has 7 rings (SSSR count). The van der Waals surface area contributed by atoms with Gasteiger partial charge in [-0.3, -0.25) is 24.1 Å². The van der Waals surface area contributed by atoms with Crippen molar-refractivity contribution in [3.8, 4) is 5.75 Å². The second-order valence-electron chi connectivity index (χ2n) is 13.0. The number of hydrogen-bond donors (Lipinski definition) is 1. The number of carbonyl (C=O) groups is 4. The highest BCUT2D eigenvalue weighted by Crippen LogP contribution is 2.66. The number of amides is 4. The van der Waals surface area contributed by atoms with Crippen molar-refractivity contribution >= 4 is 64.3 Å². The summed E-state index contributed by atoms with van der Waals surface area (Å²) in [7, 11) is 0. The minimum absolute atomic E-state index is 0.000604. The zero-order valence-electron chi connectivity index (χ0n) is 26.2. The summed E-state index contributed by atoms with van der Waals surface area (Å²) in [5, 5.41) is 10.6. The van der Waals surface area contributed by atoms with Crippen molar-refractivity contribution < 1.29 is 46.2 Å². The Morgan fingerprint density at radius 2 is 1.38 bits per heavy atom. The molecule has 0 bridgehead atoms. The molecule has 1 saturated carbocycles. The molecule has 50 heavy (non-hydrogen) atoms. The molecule has 4 amide bonds. The molecule has 3 aromatic rings. The molecule has 2 saturated heterocycles. The number of nitrogens with zero attached hydrogens (tertiary/aromatic N) is 2. The number of phenols is 1. The van der Waals surface area contributed by atoms with Crippen LogP contribution < -0.4 is 9.80 Å². The van der Waals surface area contributed by atoms with Gasteiger partial charge in [0.25, 0.3) is 11.8 Å². The molecule has 6 atom stereocenters. The molecule has 3 aromatic carbocycles.